The van der Waals surface area contributed by atoms with E-state index in [0.717, 1.165) is 24.0 Å². The number of carbonyl (C=O) groups is 4. The standard InChI is InChI=1S/C46H56N6O7/c1-8-24-52(28-30-16-21-36-35(26-30)41(55)51-44(47)50-36)34-19-17-32(18-20-34)40(54)48-37(22-23-39(53)58-45(2,3)4)42(56)49-38(43(57)59-46(5,6)7)27-29-12-11-15-33(25-29)31-13-9-10-14-31/h1,11-12,15-21,25-26,31,37-38H,9-10,13-14,22-24,27-28H2,2-7H3,(H,48,54)(H,49,56)(H3,47,50,51,55)/t37-,38-/m0/s1. The number of benzene rings is 3. The molecule has 312 valence electrons. The number of terminal acetylenes is 1. The summed E-state index contributed by atoms with van der Waals surface area (Å²) in [4.78, 5) is 75.4. The highest BCUT2D eigenvalue weighted by Gasteiger charge is 2.32. The maximum Gasteiger partial charge on any atom is 0.329 e. The van der Waals surface area contributed by atoms with Crippen LogP contribution in [-0.2, 0) is 36.8 Å². The van der Waals surface area contributed by atoms with Crippen molar-refractivity contribution in [2.75, 3.05) is 17.2 Å². The maximum atomic E-state index is 14.1. The summed E-state index contributed by atoms with van der Waals surface area (Å²) in [5.41, 5.74) is 8.08. The summed E-state index contributed by atoms with van der Waals surface area (Å²) >= 11 is 0. The molecule has 3 aromatic carbocycles. The van der Waals surface area contributed by atoms with Crippen LogP contribution in [0.5, 0.6) is 0 Å². The zero-order valence-electron chi connectivity index (χ0n) is 34.9. The first kappa shape index (κ1) is 44.0. The molecule has 1 fully saturated rings. The van der Waals surface area contributed by atoms with Gasteiger partial charge < -0.3 is 30.7 Å². The van der Waals surface area contributed by atoms with E-state index in [4.69, 9.17) is 21.6 Å². The lowest BCUT2D eigenvalue weighted by atomic mass is 9.94. The van der Waals surface area contributed by atoms with Crippen LogP contribution >= 0.6 is 0 Å². The third kappa shape index (κ3) is 12.9. The van der Waals surface area contributed by atoms with E-state index in [1.54, 1.807) is 77.9 Å². The monoisotopic (exact) mass is 804 g/mol. The Labute approximate surface area is 345 Å². The van der Waals surface area contributed by atoms with Crippen molar-refractivity contribution >= 4 is 46.3 Å². The summed E-state index contributed by atoms with van der Waals surface area (Å²) in [5, 5.41) is 6.03. The number of hydrogen-bond donors (Lipinski definition) is 4. The number of hydrogen-bond acceptors (Lipinski definition) is 10. The molecular weight excluding hydrogens is 749 g/mol. The second-order valence-corrected chi connectivity index (χ2v) is 17.1. The van der Waals surface area contributed by atoms with E-state index in [-0.39, 0.29) is 42.9 Å². The van der Waals surface area contributed by atoms with Crippen molar-refractivity contribution in [3.8, 4) is 12.3 Å². The predicted molar refractivity (Wildman–Crippen MR) is 229 cm³/mol. The van der Waals surface area contributed by atoms with Gasteiger partial charge in [-0.15, -0.1) is 6.42 Å². The summed E-state index contributed by atoms with van der Waals surface area (Å²) in [5.74, 6) is 0.788. The second kappa shape index (κ2) is 19.1. The van der Waals surface area contributed by atoms with Crippen molar-refractivity contribution in [2.45, 2.75) is 122 Å². The van der Waals surface area contributed by atoms with Gasteiger partial charge in [-0.25, -0.2) is 9.78 Å². The van der Waals surface area contributed by atoms with E-state index in [9.17, 15) is 24.0 Å². The van der Waals surface area contributed by atoms with E-state index < -0.39 is 47.0 Å². The molecule has 0 unspecified atom stereocenters. The number of H-pyrrole nitrogens is 1. The average molecular weight is 805 g/mol. The van der Waals surface area contributed by atoms with Gasteiger partial charge in [-0.3, -0.25) is 24.2 Å². The number of rotatable bonds is 15. The van der Waals surface area contributed by atoms with Crippen molar-refractivity contribution in [1.82, 2.24) is 20.6 Å². The first-order chi connectivity index (χ1) is 27.9. The van der Waals surface area contributed by atoms with Gasteiger partial charge in [0.1, 0.15) is 23.3 Å². The molecule has 1 aliphatic carbocycles. The first-order valence-corrected chi connectivity index (χ1v) is 20.1. The molecule has 2 amide bonds. The van der Waals surface area contributed by atoms with Gasteiger partial charge >= 0.3 is 11.9 Å². The largest absolute Gasteiger partial charge is 0.460 e. The molecule has 4 aromatic rings. The molecule has 0 aliphatic heterocycles. The summed E-state index contributed by atoms with van der Waals surface area (Å²) < 4.78 is 11.2. The van der Waals surface area contributed by atoms with Gasteiger partial charge in [-0.2, -0.15) is 0 Å². The second-order valence-electron chi connectivity index (χ2n) is 17.1. The van der Waals surface area contributed by atoms with Gasteiger partial charge in [0.25, 0.3) is 11.5 Å². The van der Waals surface area contributed by atoms with Crippen LogP contribution < -0.4 is 26.8 Å². The molecule has 1 aromatic heterocycles. The summed E-state index contributed by atoms with van der Waals surface area (Å²) in [7, 11) is 0. The molecule has 59 heavy (non-hydrogen) atoms. The van der Waals surface area contributed by atoms with Gasteiger partial charge in [0.15, 0.2) is 0 Å². The van der Waals surface area contributed by atoms with E-state index >= 15 is 0 Å². The van der Waals surface area contributed by atoms with Crippen molar-refractivity contribution in [3.63, 3.8) is 0 Å². The van der Waals surface area contributed by atoms with Crippen molar-refractivity contribution in [3.05, 3.63) is 99.3 Å². The fourth-order valence-electron chi connectivity index (χ4n) is 7.17. The lowest BCUT2D eigenvalue weighted by molar-refractivity contribution is -0.159. The summed E-state index contributed by atoms with van der Waals surface area (Å²) in [6.45, 7) is 11.1. The number of aromatic nitrogens is 2. The van der Waals surface area contributed by atoms with Crippen LogP contribution in [0.1, 0.15) is 113 Å². The zero-order chi connectivity index (χ0) is 42.9. The number of nitrogen functional groups attached to an aromatic ring is 1. The number of carbonyl (C=O) groups excluding carboxylic acids is 4. The Hall–Kier alpha value is -6.16. The molecule has 13 heteroatoms. The Kier molecular flexibility index (Phi) is 14.2. The van der Waals surface area contributed by atoms with Crippen molar-refractivity contribution in [2.24, 2.45) is 0 Å². The van der Waals surface area contributed by atoms with Gasteiger partial charge in [-0.05, 0) is 120 Å². The minimum atomic E-state index is -1.21. The molecule has 2 atom stereocenters. The molecule has 0 spiro atoms. The molecule has 1 saturated carbocycles. The Morgan fingerprint density at radius 2 is 1.61 bits per heavy atom. The van der Waals surface area contributed by atoms with E-state index in [2.05, 4.69) is 38.7 Å². The van der Waals surface area contributed by atoms with Crippen molar-refractivity contribution < 1.29 is 28.7 Å². The molecule has 0 bridgehead atoms. The van der Waals surface area contributed by atoms with Crippen LogP contribution in [0.25, 0.3) is 10.9 Å². The van der Waals surface area contributed by atoms with Gasteiger partial charge in [0.05, 0.1) is 17.4 Å². The number of nitrogens with two attached hydrogens (primary N) is 1. The average Bonchev–Trinajstić information content (AvgIpc) is 3.70. The quantitative estimate of drug-likeness (QED) is 0.0810. The Morgan fingerprint density at radius 1 is 0.915 bits per heavy atom. The smallest absolute Gasteiger partial charge is 0.329 e. The number of nitrogens with one attached hydrogen (secondary N) is 3. The number of nitrogens with zero attached hydrogens (tertiary/aromatic N) is 2. The number of amides is 2. The number of ether oxygens (including phenoxy) is 2. The van der Waals surface area contributed by atoms with Crippen LogP contribution in [0.4, 0.5) is 11.6 Å². The maximum absolute atomic E-state index is 14.1. The van der Waals surface area contributed by atoms with Crippen molar-refractivity contribution in [1.29, 1.82) is 0 Å². The number of fused-ring (bicyclic) bond motifs is 1. The SMILES string of the molecule is C#CCN(Cc1ccc2nc(N)[nH]c(=O)c2c1)c1ccc(C(=O)N[C@@H](CCC(=O)OC(C)(C)C)C(=O)N[C@@H](Cc2cccc(C3CCCC3)c2)C(=O)OC(C)(C)C)cc1. The molecule has 5 rings (SSSR count). The van der Waals surface area contributed by atoms with Crippen LogP contribution in [0.2, 0.25) is 0 Å². The van der Waals surface area contributed by atoms with E-state index in [1.165, 1.54) is 18.4 Å². The minimum Gasteiger partial charge on any atom is -0.460 e. The highest BCUT2D eigenvalue weighted by atomic mass is 16.6. The Bertz CT molecular complexity index is 2240. The van der Waals surface area contributed by atoms with Crippen LogP contribution in [0.15, 0.2) is 71.5 Å². The third-order valence-electron chi connectivity index (χ3n) is 9.84. The molecule has 13 nitrogen and oxygen atoms in total. The fourth-order valence-corrected chi connectivity index (χ4v) is 7.17. The minimum absolute atomic E-state index is 0.0315. The Morgan fingerprint density at radius 3 is 2.27 bits per heavy atom. The molecular formula is C46H56N6O7. The summed E-state index contributed by atoms with van der Waals surface area (Å²) in [6, 6.07) is 17.8. The fraction of sp³-hybridized carbons (Fsp3) is 0.435. The molecule has 0 saturated heterocycles. The molecule has 1 heterocycles. The summed E-state index contributed by atoms with van der Waals surface area (Å²) in [6.07, 6.45) is 10.2. The van der Waals surface area contributed by atoms with Crippen LogP contribution in [0.3, 0.4) is 0 Å². The zero-order valence-corrected chi connectivity index (χ0v) is 34.9. The van der Waals surface area contributed by atoms with E-state index in [0.29, 0.717) is 29.1 Å². The predicted octanol–water partition coefficient (Wildman–Crippen LogP) is 6.09. The topological polar surface area (TPSA) is 186 Å². The number of anilines is 2. The van der Waals surface area contributed by atoms with Crippen LogP contribution in [0, 0.1) is 12.3 Å². The lowest BCUT2D eigenvalue weighted by Crippen LogP contribution is -2.53. The van der Waals surface area contributed by atoms with Gasteiger partial charge in [-0.1, -0.05) is 49.1 Å². The lowest BCUT2D eigenvalue weighted by Gasteiger charge is -2.27. The van der Waals surface area contributed by atoms with E-state index in [1.807, 2.05) is 23.1 Å². The van der Waals surface area contributed by atoms with Gasteiger partial charge in [0, 0.05) is 30.6 Å². The number of esters is 2. The first-order valence-electron chi connectivity index (χ1n) is 20.1. The Balaban J connectivity index is 1.35. The highest BCUT2D eigenvalue weighted by molar-refractivity contribution is 5.98. The molecule has 5 N–H and O–H groups in total. The molecule has 1 aliphatic rings. The third-order valence-corrected chi connectivity index (χ3v) is 9.84. The normalized spacial score (nSPS) is 14.2. The number of aromatic amines is 1. The van der Waals surface area contributed by atoms with Gasteiger partial charge in [0.2, 0.25) is 11.9 Å². The molecule has 0 radical (unpaired) electrons. The van der Waals surface area contributed by atoms with Crippen LogP contribution in [-0.4, -0.2) is 63.6 Å². The highest BCUT2D eigenvalue weighted by Crippen LogP contribution is 2.34.